The SMILES string of the molecule is O=S(=O)(NCC#CCOc1ccc2cccnc2c1)c1ccc(F)cc1. The average Bonchev–Trinajstić information content (AvgIpc) is 2.65. The Balaban J connectivity index is 1.51. The van der Waals surface area contributed by atoms with Gasteiger partial charge in [-0.05, 0) is 42.5 Å². The number of ether oxygens (including phenoxy) is 1. The number of hydrogen-bond acceptors (Lipinski definition) is 4. The van der Waals surface area contributed by atoms with Crippen LogP contribution in [0.4, 0.5) is 4.39 Å². The summed E-state index contributed by atoms with van der Waals surface area (Å²) < 4.78 is 44.6. The van der Waals surface area contributed by atoms with Crippen LogP contribution >= 0.6 is 0 Å². The smallest absolute Gasteiger partial charge is 0.241 e. The second kappa shape index (κ2) is 7.95. The van der Waals surface area contributed by atoms with Crippen LogP contribution in [0.25, 0.3) is 10.9 Å². The minimum atomic E-state index is -3.71. The Morgan fingerprint density at radius 3 is 2.69 bits per heavy atom. The lowest BCUT2D eigenvalue weighted by atomic mass is 10.2. The molecule has 1 aromatic heterocycles. The number of aromatic nitrogens is 1. The molecule has 0 saturated heterocycles. The molecule has 1 heterocycles. The molecule has 0 fully saturated rings. The number of sulfonamides is 1. The lowest BCUT2D eigenvalue weighted by molar-refractivity contribution is 0.370. The maximum atomic E-state index is 12.8. The van der Waals surface area contributed by atoms with Crippen LogP contribution in [0, 0.1) is 17.7 Å². The number of pyridine rings is 1. The summed E-state index contributed by atoms with van der Waals surface area (Å²) in [6.07, 6.45) is 1.71. The predicted molar refractivity (Wildman–Crippen MR) is 96.6 cm³/mol. The summed E-state index contributed by atoms with van der Waals surface area (Å²) in [6, 6.07) is 13.9. The first-order valence-corrected chi connectivity index (χ1v) is 9.21. The maximum absolute atomic E-state index is 12.8. The second-order valence-electron chi connectivity index (χ2n) is 5.28. The molecule has 0 aliphatic rings. The van der Waals surface area contributed by atoms with Gasteiger partial charge in [-0.1, -0.05) is 17.9 Å². The molecule has 7 heteroatoms. The van der Waals surface area contributed by atoms with Gasteiger partial charge in [0, 0.05) is 17.6 Å². The standard InChI is InChI=1S/C19H15FN2O3S/c20-16-6-9-18(10-7-16)26(23,24)22-12-1-2-13-25-17-8-5-15-4-3-11-21-19(15)14-17/h3-11,14,22H,12-13H2. The van der Waals surface area contributed by atoms with Crippen LogP contribution in [0.15, 0.2) is 65.7 Å². The normalized spacial score (nSPS) is 11.0. The molecule has 0 bridgehead atoms. The Hall–Kier alpha value is -2.95. The fourth-order valence-electron chi connectivity index (χ4n) is 2.20. The number of halogens is 1. The molecule has 0 unspecified atom stereocenters. The Bertz CT molecular complexity index is 1070. The van der Waals surface area contributed by atoms with Gasteiger partial charge < -0.3 is 4.74 Å². The summed E-state index contributed by atoms with van der Waals surface area (Å²) in [4.78, 5) is 4.23. The lowest BCUT2D eigenvalue weighted by Gasteiger charge is -2.04. The van der Waals surface area contributed by atoms with Gasteiger partial charge in [0.2, 0.25) is 10.0 Å². The van der Waals surface area contributed by atoms with Crippen molar-refractivity contribution in [1.82, 2.24) is 9.71 Å². The van der Waals surface area contributed by atoms with Crippen LogP contribution in [-0.4, -0.2) is 26.6 Å². The predicted octanol–water partition coefficient (Wildman–Crippen LogP) is 2.73. The number of benzene rings is 2. The van der Waals surface area contributed by atoms with Gasteiger partial charge in [0.15, 0.2) is 0 Å². The first kappa shape index (κ1) is 17.9. The fraction of sp³-hybridized carbons (Fsp3) is 0.105. The Morgan fingerprint density at radius 2 is 1.88 bits per heavy atom. The summed E-state index contributed by atoms with van der Waals surface area (Å²) in [5, 5.41) is 1.01. The Kier molecular flexibility index (Phi) is 5.46. The molecule has 132 valence electrons. The van der Waals surface area contributed by atoms with Gasteiger partial charge in [0.25, 0.3) is 0 Å². The van der Waals surface area contributed by atoms with Gasteiger partial charge in [-0.3, -0.25) is 4.98 Å². The van der Waals surface area contributed by atoms with Crippen molar-refractivity contribution in [2.75, 3.05) is 13.2 Å². The molecular weight excluding hydrogens is 355 g/mol. The third kappa shape index (κ3) is 4.57. The number of nitrogens with zero attached hydrogens (tertiary/aromatic N) is 1. The molecule has 0 amide bonds. The van der Waals surface area contributed by atoms with Crippen molar-refractivity contribution in [1.29, 1.82) is 0 Å². The minimum absolute atomic E-state index is 0.0133. The zero-order chi connectivity index (χ0) is 18.4. The van der Waals surface area contributed by atoms with Crippen LogP contribution in [-0.2, 0) is 10.0 Å². The zero-order valence-corrected chi connectivity index (χ0v) is 14.5. The zero-order valence-electron chi connectivity index (χ0n) is 13.6. The van der Waals surface area contributed by atoms with Crippen molar-refractivity contribution >= 4 is 20.9 Å². The van der Waals surface area contributed by atoms with Crippen LogP contribution < -0.4 is 9.46 Å². The molecule has 2 aromatic carbocycles. The van der Waals surface area contributed by atoms with Gasteiger partial charge in [0.1, 0.15) is 18.2 Å². The van der Waals surface area contributed by atoms with Crippen molar-refractivity contribution in [2.24, 2.45) is 0 Å². The van der Waals surface area contributed by atoms with Gasteiger partial charge >= 0.3 is 0 Å². The van der Waals surface area contributed by atoms with E-state index in [4.69, 9.17) is 4.74 Å². The average molecular weight is 370 g/mol. The van der Waals surface area contributed by atoms with E-state index in [1.54, 1.807) is 6.20 Å². The molecule has 0 spiro atoms. The molecule has 3 rings (SSSR count). The largest absolute Gasteiger partial charge is 0.481 e. The van der Waals surface area contributed by atoms with Gasteiger partial charge in [0.05, 0.1) is 17.0 Å². The Labute approximate surface area is 150 Å². The van der Waals surface area contributed by atoms with E-state index in [-0.39, 0.29) is 18.0 Å². The molecule has 3 aromatic rings. The molecule has 0 saturated carbocycles. The number of fused-ring (bicyclic) bond motifs is 1. The van der Waals surface area contributed by atoms with Gasteiger partial charge in [-0.25, -0.2) is 12.8 Å². The number of nitrogens with one attached hydrogen (secondary N) is 1. The van der Waals surface area contributed by atoms with E-state index in [0.29, 0.717) is 5.75 Å². The quantitative estimate of drug-likeness (QED) is 0.701. The van der Waals surface area contributed by atoms with Crippen LogP contribution in [0.3, 0.4) is 0 Å². The highest BCUT2D eigenvalue weighted by Gasteiger charge is 2.12. The summed E-state index contributed by atoms with van der Waals surface area (Å²) in [5.74, 6) is 5.55. The summed E-state index contributed by atoms with van der Waals surface area (Å²) in [5.41, 5.74) is 0.824. The molecule has 0 aliphatic carbocycles. The van der Waals surface area contributed by atoms with E-state index < -0.39 is 15.8 Å². The first-order chi connectivity index (χ1) is 12.5. The Morgan fingerprint density at radius 1 is 1.08 bits per heavy atom. The molecule has 0 radical (unpaired) electrons. The van der Waals surface area contributed by atoms with Crippen LogP contribution in [0.5, 0.6) is 5.75 Å². The van der Waals surface area contributed by atoms with E-state index in [2.05, 4.69) is 21.5 Å². The molecule has 0 aliphatic heterocycles. The molecule has 1 N–H and O–H groups in total. The highest BCUT2D eigenvalue weighted by molar-refractivity contribution is 7.89. The monoisotopic (exact) mass is 370 g/mol. The highest BCUT2D eigenvalue weighted by Crippen LogP contribution is 2.18. The van der Waals surface area contributed by atoms with Crippen molar-refractivity contribution in [3.8, 4) is 17.6 Å². The van der Waals surface area contributed by atoms with E-state index in [1.165, 1.54) is 12.1 Å². The second-order valence-corrected chi connectivity index (χ2v) is 7.05. The first-order valence-electron chi connectivity index (χ1n) is 7.73. The van der Waals surface area contributed by atoms with E-state index in [9.17, 15) is 12.8 Å². The van der Waals surface area contributed by atoms with Crippen molar-refractivity contribution < 1.29 is 17.5 Å². The summed E-state index contributed by atoms with van der Waals surface area (Å²) in [6.45, 7) is 0.0545. The van der Waals surface area contributed by atoms with E-state index >= 15 is 0 Å². The lowest BCUT2D eigenvalue weighted by Crippen LogP contribution is -2.24. The number of rotatable bonds is 5. The summed E-state index contributed by atoms with van der Waals surface area (Å²) in [7, 11) is -3.71. The number of hydrogen-bond donors (Lipinski definition) is 1. The third-order valence-electron chi connectivity index (χ3n) is 3.49. The van der Waals surface area contributed by atoms with Crippen molar-refractivity contribution in [3.05, 3.63) is 66.6 Å². The third-order valence-corrected chi connectivity index (χ3v) is 4.91. The van der Waals surface area contributed by atoms with Crippen LogP contribution in [0.2, 0.25) is 0 Å². The van der Waals surface area contributed by atoms with E-state index in [0.717, 1.165) is 23.0 Å². The van der Waals surface area contributed by atoms with Gasteiger partial charge in [-0.15, -0.1) is 0 Å². The molecule has 0 atom stereocenters. The minimum Gasteiger partial charge on any atom is -0.481 e. The summed E-state index contributed by atoms with van der Waals surface area (Å²) >= 11 is 0. The highest BCUT2D eigenvalue weighted by atomic mass is 32.2. The molecule has 5 nitrogen and oxygen atoms in total. The van der Waals surface area contributed by atoms with Crippen molar-refractivity contribution in [2.45, 2.75) is 4.90 Å². The van der Waals surface area contributed by atoms with Crippen molar-refractivity contribution in [3.63, 3.8) is 0 Å². The fourth-order valence-corrected chi connectivity index (χ4v) is 3.12. The van der Waals surface area contributed by atoms with Gasteiger partial charge in [-0.2, -0.15) is 4.72 Å². The van der Waals surface area contributed by atoms with E-state index in [1.807, 2.05) is 30.3 Å². The van der Waals surface area contributed by atoms with Crippen LogP contribution in [0.1, 0.15) is 0 Å². The molecular formula is C19H15FN2O3S. The molecule has 26 heavy (non-hydrogen) atoms. The topological polar surface area (TPSA) is 68.3 Å². The maximum Gasteiger partial charge on any atom is 0.241 e.